The lowest BCUT2D eigenvalue weighted by Crippen LogP contribution is -2.25. The SMILES string of the molecule is CC(C)c1noc(N2CC3C(COc4cnc(-c5ccc(S(C)(=O)=O)cc5)cn4)C3C2)n1. The number of sulfone groups is 1. The van der Waals surface area contributed by atoms with Gasteiger partial charge in [-0.1, -0.05) is 31.1 Å². The van der Waals surface area contributed by atoms with Gasteiger partial charge >= 0.3 is 6.01 Å². The first-order chi connectivity index (χ1) is 15.3. The third-order valence-corrected chi connectivity index (χ3v) is 7.35. The molecule has 0 amide bonds. The minimum Gasteiger partial charge on any atom is -0.476 e. The lowest BCUT2D eigenvalue weighted by Gasteiger charge is -2.16. The molecule has 5 rings (SSSR count). The molecule has 1 aliphatic heterocycles. The van der Waals surface area contributed by atoms with E-state index in [2.05, 4.69) is 25.0 Å². The highest BCUT2D eigenvalue weighted by molar-refractivity contribution is 7.90. The monoisotopic (exact) mass is 455 g/mol. The molecule has 2 aromatic heterocycles. The number of anilines is 1. The van der Waals surface area contributed by atoms with Crippen molar-refractivity contribution in [2.24, 2.45) is 17.8 Å². The largest absolute Gasteiger partial charge is 0.476 e. The van der Waals surface area contributed by atoms with Crippen molar-refractivity contribution in [2.45, 2.75) is 24.7 Å². The summed E-state index contributed by atoms with van der Waals surface area (Å²) in [5, 5.41) is 4.04. The molecule has 9 nitrogen and oxygen atoms in total. The third kappa shape index (κ3) is 4.06. The van der Waals surface area contributed by atoms with Crippen molar-refractivity contribution in [2.75, 3.05) is 30.9 Å². The Bertz CT molecular complexity index is 1200. The van der Waals surface area contributed by atoms with Gasteiger partial charge in [0.25, 0.3) is 0 Å². The second kappa shape index (κ2) is 7.84. The summed E-state index contributed by atoms with van der Waals surface area (Å²) < 4.78 is 34.4. The van der Waals surface area contributed by atoms with Crippen LogP contribution in [0, 0.1) is 17.8 Å². The molecule has 32 heavy (non-hydrogen) atoms. The Morgan fingerprint density at radius 1 is 1.12 bits per heavy atom. The van der Waals surface area contributed by atoms with Crippen molar-refractivity contribution in [3.63, 3.8) is 0 Å². The molecule has 2 aliphatic rings. The molecule has 1 aliphatic carbocycles. The molecule has 1 saturated carbocycles. The topological polar surface area (TPSA) is 111 Å². The Kier molecular flexibility index (Phi) is 5.11. The summed E-state index contributed by atoms with van der Waals surface area (Å²) in [5.41, 5.74) is 1.46. The van der Waals surface area contributed by atoms with Crippen molar-refractivity contribution in [3.05, 3.63) is 42.5 Å². The summed E-state index contributed by atoms with van der Waals surface area (Å²) >= 11 is 0. The van der Waals surface area contributed by atoms with Crippen LogP contribution in [0.5, 0.6) is 5.88 Å². The number of rotatable bonds is 7. The minimum atomic E-state index is -3.22. The summed E-state index contributed by atoms with van der Waals surface area (Å²) in [6.07, 6.45) is 4.44. The van der Waals surface area contributed by atoms with E-state index in [0.29, 0.717) is 41.9 Å². The Morgan fingerprint density at radius 3 is 2.41 bits per heavy atom. The first kappa shape index (κ1) is 20.9. The molecule has 0 N–H and O–H groups in total. The van der Waals surface area contributed by atoms with Crippen LogP contribution >= 0.6 is 0 Å². The number of aromatic nitrogens is 4. The highest BCUT2D eigenvalue weighted by atomic mass is 32.2. The van der Waals surface area contributed by atoms with Crippen LogP contribution in [0.4, 0.5) is 6.01 Å². The van der Waals surface area contributed by atoms with Gasteiger partial charge in [-0.3, -0.25) is 0 Å². The standard InChI is InChI=1S/C22H25N5O4S/c1-13(2)21-25-22(31-26-21)27-10-16-17(11-27)18(16)12-30-20-9-23-19(8-24-20)14-4-6-15(7-5-14)32(3,28)29/h4-9,13,16-18H,10-12H2,1-3H3. The van der Waals surface area contributed by atoms with Gasteiger partial charge in [0, 0.05) is 36.7 Å². The van der Waals surface area contributed by atoms with Gasteiger partial charge in [-0.2, -0.15) is 4.98 Å². The first-order valence-corrected chi connectivity index (χ1v) is 12.5. The summed E-state index contributed by atoms with van der Waals surface area (Å²) in [6.45, 7) is 6.53. The summed E-state index contributed by atoms with van der Waals surface area (Å²) in [6, 6.07) is 7.22. The predicted octanol–water partition coefficient (Wildman–Crippen LogP) is 2.81. The highest BCUT2D eigenvalue weighted by Gasteiger charge is 2.56. The van der Waals surface area contributed by atoms with Crippen LogP contribution in [0.1, 0.15) is 25.6 Å². The average molecular weight is 456 g/mol. The fourth-order valence-electron chi connectivity index (χ4n) is 4.24. The van der Waals surface area contributed by atoms with E-state index >= 15 is 0 Å². The van der Waals surface area contributed by atoms with Gasteiger partial charge < -0.3 is 14.2 Å². The number of nitrogens with zero attached hydrogens (tertiary/aromatic N) is 5. The lowest BCUT2D eigenvalue weighted by atomic mass is 10.2. The Labute approximate surface area is 186 Å². The van der Waals surface area contributed by atoms with Gasteiger partial charge in [-0.15, -0.1) is 0 Å². The summed E-state index contributed by atoms with van der Waals surface area (Å²) in [4.78, 5) is 15.7. The van der Waals surface area contributed by atoms with Crippen molar-refractivity contribution < 1.29 is 17.7 Å². The molecule has 3 aromatic rings. The van der Waals surface area contributed by atoms with Crippen LogP contribution in [0.15, 0.2) is 46.1 Å². The molecule has 3 heterocycles. The zero-order chi connectivity index (χ0) is 22.5. The predicted molar refractivity (Wildman–Crippen MR) is 117 cm³/mol. The van der Waals surface area contributed by atoms with E-state index in [9.17, 15) is 8.42 Å². The molecule has 1 saturated heterocycles. The molecule has 2 atom stereocenters. The number of fused-ring (bicyclic) bond motifs is 1. The third-order valence-electron chi connectivity index (χ3n) is 6.22. The summed E-state index contributed by atoms with van der Waals surface area (Å²) in [5.74, 6) is 3.14. The minimum absolute atomic E-state index is 0.255. The second-order valence-electron chi connectivity index (χ2n) is 8.83. The number of piperidine rings is 1. The molecule has 2 fully saturated rings. The maximum atomic E-state index is 11.6. The molecule has 0 bridgehead atoms. The van der Waals surface area contributed by atoms with Crippen LogP contribution in [0.25, 0.3) is 11.3 Å². The summed E-state index contributed by atoms with van der Waals surface area (Å²) in [7, 11) is -3.22. The van der Waals surface area contributed by atoms with Crippen molar-refractivity contribution in [3.8, 4) is 17.1 Å². The van der Waals surface area contributed by atoms with Crippen LogP contribution in [-0.2, 0) is 9.84 Å². The number of benzene rings is 1. The quantitative estimate of drug-likeness (QED) is 0.531. The van der Waals surface area contributed by atoms with Gasteiger partial charge in [0.05, 0.1) is 29.6 Å². The maximum absolute atomic E-state index is 11.6. The number of ether oxygens (including phenoxy) is 1. The Balaban J connectivity index is 1.13. The van der Waals surface area contributed by atoms with E-state index in [1.54, 1.807) is 36.7 Å². The maximum Gasteiger partial charge on any atom is 0.324 e. The smallest absolute Gasteiger partial charge is 0.324 e. The van der Waals surface area contributed by atoms with Crippen molar-refractivity contribution in [1.82, 2.24) is 20.1 Å². The molecular weight excluding hydrogens is 430 g/mol. The Hall–Kier alpha value is -3.01. The molecule has 1 aromatic carbocycles. The van der Waals surface area contributed by atoms with Crippen molar-refractivity contribution in [1.29, 1.82) is 0 Å². The molecule has 2 unspecified atom stereocenters. The zero-order valence-corrected chi connectivity index (χ0v) is 19.0. The fraction of sp³-hybridized carbons (Fsp3) is 0.455. The fourth-order valence-corrected chi connectivity index (χ4v) is 4.87. The van der Waals surface area contributed by atoms with E-state index in [1.807, 2.05) is 13.8 Å². The lowest BCUT2D eigenvalue weighted by molar-refractivity contribution is 0.270. The van der Waals surface area contributed by atoms with E-state index < -0.39 is 9.84 Å². The van der Waals surface area contributed by atoms with Crippen LogP contribution in [0.3, 0.4) is 0 Å². The second-order valence-corrected chi connectivity index (χ2v) is 10.8. The van der Waals surface area contributed by atoms with E-state index in [4.69, 9.17) is 9.26 Å². The van der Waals surface area contributed by atoms with Crippen molar-refractivity contribution >= 4 is 15.9 Å². The molecule has 0 spiro atoms. The molecule has 168 valence electrons. The van der Waals surface area contributed by atoms with Crippen LogP contribution in [-0.4, -0.2) is 54.5 Å². The van der Waals surface area contributed by atoms with Gasteiger partial charge in [-0.05, 0) is 24.0 Å². The van der Waals surface area contributed by atoms with Gasteiger partial charge in [0.15, 0.2) is 15.7 Å². The van der Waals surface area contributed by atoms with Crippen LogP contribution < -0.4 is 9.64 Å². The first-order valence-electron chi connectivity index (χ1n) is 10.6. The van der Waals surface area contributed by atoms with E-state index in [1.165, 1.54) is 6.26 Å². The molecule has 0 radical (unpaired) electrons. The molecular formula is C22H25N5O4S. The van der Waals surface area contributed by atoms with Crippen LogP contribution in [0.2, 0.25) is 0 Å². The number of hydrogen-bond donors (Lipinski definition) is 0. The van der Waals surface area contributed by atoms with E-state index in [-0.39, 0.29) is 10.8 Å². The van der Waals surface area contributed by atoms with Gasteiger partial charge in [0.2, 0.25) is 5.88 Å². The number of hydrogen-bond acceptors (Lipinski definition) is 9. The van der Waals surface area contributed by atoms with Gasteiger partial charge in [-0.25, -0.2) is 18.4 Å². The average Bonchev–Trinajstić information content (AvgIpc) is 3.16. The highest BCUT2D eigenvalue weighted by Crippen LogP contribution is 2.52. The molecule has 10 heteroatoms. The zero-order valence-electron chi connectivity index (χ0n) is 18.2. The normalized spacial score (nSPS) is 22.2. The van der Waals surface area contributed by atoms with E-state index in [0.717, 1.165) is 24.5 Å². The van der Waals surface area contributed by atoms with Gasteiger partial charge in [0.1, 0.15) is 0 Å². The Morgan fingerprint density at radius 2 is 1.84 bits per heavy atom.